The van der Waals surface area contributed by atoms with Gasteiger partial charge in [0.15, 0.2) is 11.8 Å². The highest BCUT2D eigenvalue weighted by Gasteiger charge is 2.37. The maximum absolute atomic E-state index is 13.1. The Bertz CT molecular complexity index is 1160. The summed E-state index contributed by atoms with van der Waals surface area (Å²) in [7, 11) is 2.01. The third-order valence-electron chi connectivity index (χ3n) is 5.34. The van der Waals surface area contributed by atoms with Gasteiger partial charge in [0.2, 0.25) is 0 Å². The molecule has 1 aromatic heterocycles. The Morgan fingerprint density at radius 3 is 2.46 bits per heavy atom. The summed E-state index contributed by atoms with van der Waals surface area (Å²) in [5, 5.41) is 1.07. The molecule has 0 aliphatic carbocycles. The number of hydrogen-bond donors (Lipinski definition) is 0. The van der Waals surface area contributed by atoms with Crippen molar-refractivity contribution in [1.82, 2.24) is 4.57 Å². The van der Waals surface area contributed by atoms with Crippen LogP contribution >= 0.6 is 0 Å². The van der Waals surface area contributed by atoms with Crippen LogP contribution < -0.4 is 9.64 Å². The summed E-state index contributed by atoms with van der Waals surface area (Å²) in [5.41, 5.74) is 4.15. The van der Waals surface area contributed by atoms with Crippen molar-refractivity contribution < 1.29 is 9.53 Å². The van der Waals surface area contributed by atoms with Crippen molar-refractivity contribution in [3.05, 3.63) is 96.2 Å². The number of aryl methyl sites for hydroxylation is 1. The van der Waals surface area contributed by atoms with Gasteiger partial charge in [-0.25, -0.2) is 4.79 Å². The molecule has 28 heavy (non-hydrogen) atoms. The van der Waals surface area contributed by atoms with Crippen LogP contribution in [-0.4, -0.2) is 10.5 Å². The van der Waals surface area contributed by atoms with Gasteiger partial charge in [0, 0.05) is 36.3 Å². The molecule has 4 heteroatoms. The van der Waals surface area contributed by atoms with Crippen molar-refractivity contribution in [2.75, 3.05) is 4.90 Å². The molecule has 1 aliphatic rings. The molecule has 3 aromatic carbocycles. The van der Waals surface area contributed by atoms with Crippen LogP contribution in [0.25, 0.3) is 10.9 Å². The maximum atomic E-state index is 13.1. The van der Waals surface area contributed by atoms with Gasteiger partial charge in [-0.1, -0.05) is 60.7 Å². The number of carbonyl (C=O) groups is 1. The van der Waals surface area contributed by atoms with Crippen LogP contribution in [-0.2, 0) is 18.4 Å². The van der Waals surface area contributed by atoms with Crippen LogP contribution in [0.3, 0.4) is 0 Å². The van der Waals surface area contributed by atoms with Crippen LogP contribution in [0.4, 0.5) is 5.69 Å². The first-order chi connectivity index (χ1) is 13.7. The Hall–Kier alpha value is -3.53. The van der Waals surface area contributed by atoms with E-state index in [0.29, 0.717) is 12.3 Å². The first-order valence-electron chi connectivity index (χ1n) is 9.37. The highest BCUT2D eigenvalue weighted by atomic mass is 16.5. The maximum Gasteiger partial charge on any atom is 0.339 e. The first kappa shape index (κ1) is 16.6. The van der Waals surface area contributed by atoms with Crippen molar-refractivity contribution in [1.29, 1.82) is 0 Å². The topological polar surface area (TPSA) is 34.5 Å². The number of hydrogen-bond acceptors (Lipinski definition) is 3. The minimum absolute atomic E-state index is 0.244. The Morgan fingerprint density at radius 2 is 1.61 bits per heavy atom. The van der Waals surface area contributed by atoms with Gasteiger partial charge < -0.3 is 14.2 Å². The summed E-state index contributed by atoms with van der Waals surface area (Å²) in [4.78, 5) is 15.3. The molecule has 0 N–H and O–H groups in total. The summed E-state index contributed by atoms with van der Waals surface area (Å²) >= 11 is 0. The fourth-order valence-corrected chi connectivity index (χ4v) is 4.05. The SMILES string of the molecule is Cn1cc(C2C(=O)Oc3ccccc3N2Cc2ccccc2)c2ccccc21. The van der Waals surface area contributed by atoms with E-state index in [1.54, 1.807) is 0 Å². The van der Waals surface area contributed by atoms with Gasteiger partial charge in [-0.05, 0) is 23.8 Å². The van der Waals surface area contributed by atoms with Gasteiger partial charge in [0.25, 0.3) is 0 Å². The number of benzene rings is 3. The van der Waals surface area contributed by atoms with E-state index < -0.39 is 6.04 Å². The third-order valence-corrected chi connectivity index (χ3v) is 5.34. The molecule has 0 radical (unpaired) electrons. The number of ether oxygens (including phenoxy) is 1. The zero-order valence-corrected chi connectivity index (χ0v) is 15.6. The van der Waals surface area contributed by atoms with E-state index in [0.717, 1.165) is 27.7 Å². The quantitative estimate of drug-likeness (QED) is 0.383. The van der Waals surface area contributed by atoms with Crippen LogP contribution in [0.5, 0.6) is 5.75 Å². The summed E-state index contributed by atoms with van der Waals surface area (Å²) in [5.74, 6) is 0.367. The predicted octanol–water partition coefficient (Wildman–Crippen LogP) is 4.85. The number of anilines is 1. The zero-order valence-electron chi connectivity index (χ0n) is 15.6. The van der Waals surface area contributed by atoms with E-state index in [1.165, 1.54) is 0 Å². The zero-order chi connectivity index (χ0) is 19.1. The molecule has 0 amide bonds. The number of carbonyl (C=O) groups excluding carboxylic acids is 1. The van der Waals surface area contributed by atoms with Gasteiger partial charge in [0.1, 0.15) is 0 Å². The summed E-state index contributed by atoms with van der Waals surface area (Å²) in [6.07, 6.45) is 2.04. The van der Waals surface area contributed by atoms with Gasteiger partial charge in [-0.2, -0.15) is 0 Å². The molecule has 1 aliphatic heterocycles. The average molecular weight is 368 g/mol. The van der Waals surface area contributed by atoms with Crippen molar-refractivity contribution in [3.8, 4) is 5.75 Å². The molecule has 0 spiro atoms. The average Bonchev–Trinajstić information content (AvgIpc) is 3.05. The van der Waals surface area contributed by atoms with E-state index in [4.69, 9.17) is 4.74 Å². The van der Waals surface area contributed by atoms with Gasteiger partial charge >= 0.3 is 5.97 Å². The molecule has 1 atom stereocenters. The van der Waals surface area contributed by atoms with Crippen LogP contribution in [0.15, 0.2) is 85.1 Å². The first-order valence-corrected chi connectivity index (χ1v) is 9.37. The van der Waals surface area contributed by atoms with Crippen molar-refractivity contribution >= 4 is 22.6 Å². The number of fused-ring (bicyclic) bond motifs is 2. The minimum Gasteiger partial charge on any atom is -0.423 e. The highest BCUT2D eigenvalue weighted by Crippen LogP contribution is 2.42. The second kappa shape index (κ2) is 6.57. The Morgan fingerprint density at radius 1 is 0.893 bits per heavy atom. The fourth-order valence-electron chi connectivity index (χ4n) is 4.05. The molecule has 2 heterocycles. The fraction of sp³-hybridized carbons (Fsp3) is 0.125. The van der Waals surface area contributed by atoms with Crippen LogP contribution in [0.1, 0.15) is 17.2 Å². The number of nitrogens with zero attached hydrogens (tertiary/aromatic N) is 2. The van der Waals surface area contributed by atoms with Gasteiger partial charge in [-0.15, -0.1) is 0 Å². The minimum atomic E-state index is -0.499. The van der Waals surface area contributed by atoms with Crippen LogP contribution in [0.2, 0.25) is 0 Å². The lowest BCUT2D eigenvalue weighted by Gasteiger charge is -2.37. The lowest BCUT2D eigenvalue weighted by atomic mass is 10.0. The summed E-state index contributed by atoms with van der Waals surface area (Å²) in [6, 6.07) is 25.6. The monoisotopic (exact) mass is 368 g/mol. The molecule has 4 nitrogen and oxygen atoms in total. The molecule has 138 valence electrons. The summed E-state index contributed by atoms with van der Waals surface area (Å²) < 4.78 is 7.80. The van der Waals surface area contributed by atoms with Crippen molar-refractivity contribution in [2.24, 2.45) is 7.05 Å². The van der Waals surface area contributed by atoms with Crippen LogP contribution in [0, 0.1) is 0 Å². The van der Waals surface area contributed by atoms with E-state index in [9.17, 15) is 4.79 Å². The molecule has 5 rings (SSSR count). The Labute approximate surface area is 163 Å². The molecule has 4 aromatic rings. The summed E-state index contributed by atoms with van der Waals surface area (Å²) in [6.45, 7) is 0.626. The van der Waals surface area contributed by atoms with E-state index in [-0.39, 0.29) is 5.97 Å². The molecule has 0 fully saturated rings. The molecular weight excluding hydrogens is 348 g/mol. The number of rotatable bonds is 3. The van der Waals surface area contributed by atoms with Gasteiger partial charge in [0.05, 0.1) is 5.69 Å². The lowest BCUT2D eigenvalue weighted by Crippen LogP contribution is -2.40. The molecule has 0 bridgehead atoms. The number of aromatic nitrogens is 1. The Kier molecular flexibility index (Phi) is 3.90. The molecule has 0 saturated carbocycles. The van der Waals surface area contributed by atoms with E-state index in [1.807, 2.05) is 67.8 Å². The number of esters is 1. The standard InChI is InChI=1S/C24H20N2O2/c1-25-16-19(18-11-5-6-12-20(18)25)23-24(27)28-22-14-8-7-13-21(22)26(23)15-17-9-3-2-4-10-17/h2-14,16,23H,15H2,1H3. The van der Waals surface area contributed by atoms with E-state index >= 15 is 0 Å². The second-order valence-corrected chi connectivity index (χ2v) is 7.12. The molecule has 0 saturated heterocycles. The predicted molar refractivity (Wildman–Crippen MR) is 110 cm³/mol. The normalized spacial score (nSPS) is 16.1. The smallest absolute Gasteiger partial charge is 0.339 e. The third kappa shape index (κ3) is 2.65. The second-order valence-electron chi connectivity index (χ2n) is 7.12. The molecular formula is C24H20N2O2. The highest BCUT2D eigenvalue weighted by molar-refractivity contribution is 5.95. The lowest BCUT2D eigenvalue weighted by molar-refractivity contribution is -0.136. The number of para-hydroxylation sites is 3. The van der Waals surface area contributed by atoms with Gasteiger partial charge in [-0.3, -0.25) is 0 Å². The largest absolute Gasteiger partial charge is 0.423 e. The van der Waals surface area contributed by atoms with Crippen molar-refractivity contribution in [3.63, 3.8) is 0 Å². The van der Waals surface area contributed by atoms with Crippen molar-refractivity contribution in [2.45, 2.75) is 12.6 Å². The van der Waals surface area contributed by atoms with E-state index in [2.05, 4.69) is 33.7 Å². The Balaban J connectivity index is 1.69. The molecule has 1 unspecified atom stereocenters.